The first-order valence-electron chi connectivity index (χ1n) is 8.25. The fraction of sp³-hybridized carbons (Fsp3) is 0. The number of pyridine rings is 1. The molecule has 6 aromatic rings. The molecule has 0 bridgehead atoms. The van der Waals surface area contributed by atoms with Crippen LogP contribution in [0.15, 0.2) is 79.0 Å². The van der Waals surface area contributed by atoms with Crippen molar-refractivity contribution in [1.29, 1.82) is 0 Å². The summed E-state index contributed by atoms with van der Waals surface area (Å²) >= 11 is 0. The Kier molecular flexibility index (Phi) is 2.15. The predicted octanol–water partition coefficient (Wildman–Crippen LogP) is 6.29. The number of fused-ring (bicyclic) bond motifs is 5. The lowest BCUT2D eigenvalue weighted by Crippen LogP contribution is -1.90. The van der Waals surface area contributed by atoms with E-state index >= 15 is 0 Å². The van der Waals surface area contributed by atoms with Crippen LogP contribution in [0.1, 0.15) is 0 Å². The molecule has 0 N–H and O–H groups in total. The molecule has 1 aromatic heterocycles. The number of rotatable bonds is 0. The van der Waals surface area contributed by atoms with Crippen LogP contribution >= 0.6 is 0 Å². The summed E-state index contributed by atoms with van der Waals surface area (Å²) in [6.07, 6.45) is 1.92. The third kappa shape index (κ3) is 1.38. The highest BCUT2D eigenvalue weighted by atomic mass is 14.6. The van der Waals surface area contributed by atoms with Gasteiger partial charge in [-0.3, -0.25) is 4.98 Å². The van der Waals surface area contributed by atoms with Crippen LogP contribution in [0.4, 0.5) is 0 Å². The Morgan fingerprint density at radius 1 is 0.500 bits per heavy atom. The Bertz CT molecular complexity index is 1390. The molecule has 24 heavy (non-hydrogen) atoms. The molecule has 0 fully saturated rings. The van der Waals surface area contributed by atoms with E-state index in [1.165, 1.54) is 48.5 Å². The summed E-state index contributed by atoms with van der Waals surface area (Å²) in [5.41, 5.74) is 1.11. The second-order valence-electron chi connectivity index (χ2n) is 6.44. The van der Waals surface area contributed by atoms with Crippen LogP contribution < -0.4 is 0 Å². The molecule has 0 saturated carbocycles. The first-order valence-corrected chi connectivity index (χ1v) is 8.25. The van der Waals surface area contributed by atoms with Gasteiger partial charge in [0.05, 0.1) is 5.52 Å². The lowest BCUT2D eigenvalue weighted by molar-refractivity contribution is 1.44. The largest absolute Gasteiger partial charge is 0.256 e. The molecular formula is C23H13N. The molecule has 0 aliphatic carbocycles. The minimum atomic E-state index is 1.11. The summed E-state index contributed by atoms with van der Waals surface area (Å²) in [6.45, 7) is 0. The Morgan fingerprint density at radius 3 is 2.21 bits per heavy atom. The first kappa shape index (κ1) is 12.3. The van der Waals surface area contributed by atoms with E-state index in [0.717, 1.165) is 5.52 Å². The fourth-order valence-electron chi connectivity index (χ4n) is 4.21. The molecule has 1 heterocycles. The molecule has 0 radical (unpaired) electrons. The molecular weight excluding hydrogens is 290 g/mol. The standard InChI is InChI=1S/C23H13N/c1-2-6-16-15(5-1)13-20-17-7-3-4-8-19(17)23-21-14(11-12-24-23)9-10-18(16)22(20)21/h1-13H. The predicted molar refractivity (Wildman–Crippen MR) is 103 cm³/mol. The van der Waals surface area contributed by atoms with E-state index in [-0.39, 0.29) is 0 Å². The molecule has 6 rings (SSSR count). The van der Waals surface area contributed by atoms with Gasteiger partial charge in [0.1, 0.15) is 0 Å². The van der Waals surface area contributed by atoms with Crippen molar-refractivity contribution in [2.45, 2.75) is 0 Å². The summed E-state index contributed by atoms with van der Waals surface area (Å²) in [7, 11) is 0. The topological polar surface area (TPSA) is 12.9 Å². The molecule has 0 unspecified atom stereocenters. The van der Waals surface area contributed by atoms with Crippen LogP contribution in [0.25, 0.3) is 54.0 Å². The van der Waals surface area contributed by atoms with Gasteiger partial charge in [-0.2, -0.15) is 0 Å². The average molecular weight is 303 g/mol. The van der Waals surface area contributed by atoms with E-state index in [9.17, 15) is 0 Å². The van der Waals surface area contributed by atoms with Gasteiger partial charge in [0.15, 0.2) is 0 Å². The molecule has 0 atom stereocenters. The van der Waals surface area contributed by atoms with E-state index in [2.05, 4.69) is 72.8 Å². The van der Waals surface area contributed by atoms with Gasteiger partial charge in [-0.05, 0) is 44.5 Å². The zero-order valence-electron chi connectivity index (χ0n) is 13.0. The zero-order valence-corrected chi connectivity index (χ0v) is 13.0. The van der Waals surface area contributed by atoms with Gasteiger partial charge in [0.25, 0.3) is 0 Å². The smallest absolute Gasteiger partial charge is 0.0792 e. The van der Waals surface area contributed by atoms with Crippen molar-refractivity contribution in [3.8, 4) is 0 Å². The van der Waals surface area contributed by atoms with Gasteiger partial charge in [-0.15, -0.1) is 0 Å². The highest BCUT2D eigenvalue weighted by Gasteiger charge is 2.15. The van der Waals surface area contributed by atoms with E-state index in [1.54, 1.807) is 0 Å². The fourth-order valence-corrected chi connectivity index (χ4v) is 4.21. The van der Waals surface area contributed by atoms with Crippen molar-refractivity contribution in [3.05, 3.63) is 79.0 Å². The number of aromatic nitrogens is 1. The number of benzene rings is 5. The number of nitrogens with zero attached hydrogens (tertiary/aromatic N) is 1. The van der Waals surface area contributed by atoms with Gasteiger partial charge < -0.3 is 0 Å². The summed E-state index contributed by atoms with van der Waals surface area (Å²) in [6, 6.07) is 26.2. The monoisotopic (exact) mass is 303 g/mol. The number of hydrogen-bond donors (Lipinski definition) is 0. The summed E-state index contributed by atoms with van der Waals surface area (Å²) < 4.78 is 0. The van der Waals surface area contributed by atoms with Crippen molar-refractivity contribution in [1.82, 2.24) is 4.98 Å². The third-order valence-corrected chi connectivity index (χ3v) is 5.22. The third-order valence-electron chi connectivity index (χ3n) is 5.22. The van der Waals surface area contributed by atoms with Crippen molar-refractivity contribution in [3.63, 3.8) is 0 Å². The summed E-state index contributed by atoms with van der Waals surface area (Å²) in [5.74, 6) is 0. The van der Waals surface area contributed by atoms with Crippen LogP contribution in [0.3, 0.4) is 0 Å². The zero-order chi connectivity index (χ0) is 15.7. The molecule has 0 spiro atoms. The Balaban J connectivity index is 2.12. The van der Waals surface area contributed by atoms with Crippen molar-refractivity contribution in [2.24, 2.45) is 0 Å². The lowest BCUT2D eigenvalue weighted by atomic mass is 9.89. The van der Waals surface area contributed by atoms with Gasteiger partial charge in [0.2, 0.25) is 0 Å². The highest BCUT2D eigenvalue weighted by Crippen LogP contribution is 2.42. The lowest BCUT2D eigenvalue weighted by Gasteiger charge is -2.15. The highest BCUT2D eigenvalue weighted by molar-refractivity contribution is 6.36. The van der Waals surface area contributed by atoms with Crippen LogP contribution in [0.2, 0.25) is 0 Å². The van der Waals surface area contributed by atoms with Gasteiger partial charge in [-0.25, -0.2) is 0 Å². The average Bonchev–Trinajstić information content (AvgIpc) is 2.66. The summed E-state index contributed by atoms with van der Waals surface area (Å²) in [4.78, 5) is 4.74. The van der Waals surface area contributed by atoms with Gasteiger partial charge >= 0.3 is 0 Å². The maximum Gasteiger partial charge on any atom is 0.0792 e. The number of hydrogen-bond acceptors (Lipinski definition) is 1. The Hall–Kier alpha value is -3.19. The second-order valence-corrected chi connectivity index (χ2v) is 6.44. The minimum absolute atomic E-state index is 1.11. The Morgan fingerprint density at radius 2 is 1.29 bits per heavy atom. The van der Waals surface area contributed by atoms with Crippen LogP contribution in [-0.4, -0.2) is 4.98 Å². The Labute approximate surface area is 138 Å². The molecule has 0 saturated heterocycles. The SMILES string of the molecule is c1ccc2c(c1)cc1c3ccccc3c3nccc4ccc2c1c43. The summed E-state index contributed by atoms with van der Waals surface area (Å²) in [5, 5.41) is 11.7. The molecule has 0 aliphatic heterocycles. The van der Waals surface area contributed by atoms with Crippen LogP contribution in [0, 0.1) is 0 Å². The molecule has 110 valence electrons. The maximum atomic E-state index is 4.74. The van der Waals surface area contributed by atoms with Gasteiger partial charge in [-0.1, -0.05) is 60.7 Å². The molecule has 1 nitrogen and oxygen atoms in total. The van der Waals surface area contributed by atoms with Crippen molar-refractivity contribution in [2.75, 3.05) is 0 Å². The van der Waals surface area contributed by atoms with Crippen LogP contribution in [-0.2, 0) is 0 Å². The molecule has 0 aliphatic rings. The van der Waals surface area contributed by atoms with Crippen molar-refractivity contribution < 1.29 is 0 Å². The van der Waals surface area contributed by atoms with Crippen molar-refractivity contribution >= 4 is 54.0 Å². The van der Waals surface area contributed by atoms with E-state index < -0.39 is 0 Å². The van der Waals surface area contributed by atoms with Crippen LogP contribution in [0.5, 0.6) is 0 Å². The quantitative estimate of drug-likeness (QED) is 0.237. The second kappa shape index (κ2) is 4.21. The molecule has 5 aromatic carbocycles. The first-order chi connectivity index (χ1) is 11.9. The van der Waals surface area contributed by atoms with E-state index in [0.29, 0.717) is 0 Å². The normalized spacial score (nSPS) is 12.2. The molecule has 1 heteroatoms. The minimum Gasteiger partial charge on any atom is -0.256 e. The van der Waals surface area contributed by atoms with E-state index in [4.69, 9.17) is 4.98 Å². The van der Waals surface area contributed by atoms with E-state index in [1.807, 2.05) is 6.20 Å². The maximum absolute atomic E-state index is 4.74. The van der Waals surface area contributed by atoms with Gasteiger partial charge in [0, 0.05) is 22.4 Å². The molecule has 0 amide bonds.